The summed E-state index contributed by atoms with van der Waals surface area (Å²) in [7, 11) is 0. The monoisotopic (exact) mass is 311 g/mol. The first-order chi connectivity index (χ1) is 10.8. The number of hydrogen-bond donors (Lipinski definition) is 2. The summed E-state index contributed by atoms with van der Waals surface area (Å²) >= 11 is 0. The second kappa shape index (κ2) is 7.32. The Kier molecular flexibility index (Phi) is 5.43. The van der Waals surface area contributed by atoms with Gasteiger partial charge < -0.3 is 10.4 Å². The molecule has 23 heavy (non-hydrogen) atoms. The third kappa shape index (κ3) is 5.44. The van der Waals surface area contributed by atoms with E-state index in [4.69, 9.17) is 0 Å². The first-order valence-electron chi connectivity index (χ1n) is 7.98. The van der Waals surface area contributed by atoms with Crippen LogP contribution in [0.15, 0.2) is 48.5 Å². The topological polar surface area (TPSA) is 49.3 Å². The molecule has 0 bridgehead atoms. The fourth-order valence-electron chi connectivity index (χ4n) is 2.38. The largest absolute Gasteiger partial charge is 0.508 e. The predicted molar refractivity (Wildman–Crippen MR) is 93.7 cm³/mol. The number of benzene rings is 2. The van der Waals surface area contributed by atoms with E-state index in [2.05, 4.69) is 50.4 Å². The SMILES string of the molecule is CC(C)(C)c1ccc(CCNC(=O)Cc2ccc(O)cc2)cc1. The van der Waals surface area contributed by atoms with Crippen molar-refractivity contribution in [3.8, 4) is 5.75 Å². The maximum atomic E-state index is 11.9. The van der Waals surface area contributed by atoms with Crippen LogP contribution in [-0.4, -0.2) is 17.6 Å². The van der Waals surface area contributed by atoms with Crippen molar-refractivity contribution in [1.82, 2.24) is 5.32 Å². The molecule has 0 aromatic heterocycles. The summed E-state index contributed by atoms with van der Waals surface area (Å²) in [4.78, 5) is 11.9. The van der Waals surface area contributed by atoms with Gasteiger partial charge >= 0.3 is 0 Å². The van der Waals surface area contributed by atoms with Crippen LogP contribution in [0.1, 0.15) is 37.5 Å². The average molecular weight is 311 g/mol. The molecule has 3 heteroatoms. The Hall–Kier alpha value is -2.29. The van der Waals surface area contributed by atoms with Crippen LogP contribution in [0.3, 0.4) is 0 Å². The highest BCUT2D eigenvalue weighted by molar-refractivity contribution is 5.78. The smallest absolute Gasteiger partial charge is 0.224 e. The molecule has 2 aromatic rings. The number of rotatable bonds is 5. The molecule has 0 aliphatic heterocycles. The van der Waals surface area contributed by atoms with Crippen LogP contribution in [0.25, 0.3) is 0 Å². The van der Waals surface area contributed by atoms with Crippen molar-refractivity contribution in [1.29, 1.82) is 0 Å². The maximum absolute atomic E-state index is 11.9. The summed E-state index contributed by atoms with van der Waals surface area (Å²) in [5.74, 6) is 0.217. The second-order valence-corrected chi connectivity index (χ2v) is 6.89. The normalized spacial score (nSPS) is 11.3. The molecule has 0 atom stereocenters. The van der Waals surface area contributed by atoms with Gasteiger partial charge in [-0.15, -0.1) is 0 Å². The standard InChI is InChI=1S/C20H25NO2/c1-20(2,3)17-8-4-15(5-9-17)12-13-21-19(23)14-16-6-10-18(22)11-7-16/h4-11,22H,12-14H2,1-3H3,(H,21,23). The van der Waals surface area contributed by atoms with Crippen LogP contribution < -0.4 is 5.32 Å². The number of aromatic hydroxyl groups is 1. The minimum absolute atomic E-state index is 0.00185. The molecule has 3 nitrogen and oxygen atoms in total. The Morgan fingerprint density at radius 1 is 0.957 bits per heavy atom. The maximum Gasteiger partial charge on any atom is 0.224 e. The molecule has 2 aromatic carbocycles. The summed E-state index contributed by atoms with van der Waals surface area (Å²) in [6.45, 7) is 7.23. The summed E-state index contributed by atoms with van der Waals surface area (Å²) in [6, 6.07) is 15.3. The molecule has 0 saturated heterocycles. The number of carbonyl (C=O) groups is 1. The Balaban J connectivity index is 1.78. The molecule has 0 saturated carbocycles. The third-order valence-electron chi connectivity index (χ3n) is 3.86. The van der Waals surface area contributed by atoms with Crippen LogP contribution >= 0.6 is 0 Å². The Morgan fingerprint density at radius 3 is 2.09 bits per heavy atom. The van der Waals surface area contributed by atoms with Crippen molar-refractivity contribution >= 4 is 5.91 Å². The van der Waals surface area contributed by atoms with E-state index in [0.29, 0.717) is 13.0 Å². The van der Waals surface area contributed by atoms with Crippen LogP contribution in [0.5, 0.6) is 5.75 Å². The van der Waals surface area contributed by atoms with Gasteiger partial charge in [-0.1, -0.05) is 57.2 Å². The lowest BCUT2D eigenvalue weighted by molar-refractivity contribution is -0.120. The highest BCUT2D eigenvalue weighted by Gasteiger charge is 2.12. The molecule has 0 aliphatic rings. The van der Waals surface area contributed by atoms with Gasteiger partial charge in [0.25, 0.3) is 0 Å². The predicted octanol–water partition coefficient (Wildman–Crippen LogP) is 3.59. The van der Waals surface area contributed by atoms with Gasteiger partial charge in [-0.05, 0) is 40.7 Å². The first kappa shape index (κ1) is 17.1. The molecule has 0 unspecified atom stereocenters. The molecule has 2 N–H and O–H groups in total. The van der Waals surface area contributed by atoms with Crippen LogP contribution in [0.2, 0.25) is 0 Å². The summed E-state index contributed by atoms with van der Waals surface area (Å²) in [5.41, 5.74) is 3.60. The van der Waals surface area contributed by atoms with E-state index in [9.17, 15) is 9.90 Å². The van der Waals surface area contributed by atoms with Gasteiger partial charge in [0.1, 0.15) is 5.75 Å². The number of amides is 1. The lowest BCUT2D eigenvalue weighted by atomic mass is 9.86. The highest BCUT2D eigenvalue weighted by Crippen LogP contribution is 2.22. The molecule has 2 rings (SSSR count). The quantitative estimate of drug-likeness (QED) is 0.886. The van der Waals surface area contributed by atoms with Crippen molar-refractivity contribution in [2.45, 2.75) is 39.0 Å². The number of nitrogens with one attached hydrogen (secondary N) is 1. The fourth-order valence-corrected chi connectivity index (χ4v) is 2.38. The van der Waals surface area contributed by atoms with Crippen molar-refractivity contribution in [2.24, 2.45) is 0 Å². The molecule has 1 amide bonds. The summed E-state index contributed by atoms with van der Waals surface area (Å²) < 4.78 is 0. The lowest BCUT2D eigenvalue weighted by Crippen LogP contribution is -2.27. The van der Waals surface area contributed by atoms with Gasteiger partial charge in [0, 0.05) is 6.54 Å². The molecule has 0 spiro atoms. The summed E-state index contributed by atoms with van der Waals surface area (Å²) in [6.07, 6.45) is 1.16. The van der Waals surface area contributed by atoms with Gasteiger partial charge in [0.15, 0.2) is 0 Å². The van der Waals surface area contributed by atoms with Gasteiger partial charge in [0.05, 0.1) is 6.42 Å². The Labute approximate surface area is 138 Å². The fraction of sp³-hybridized carbons (Fsp3) is 0.350. The van der Waals surface area contributed by atoms with Gasteiger partial charge in [-0.25, -0.2) is 0 Å². The number of phenols is 1. The molecule has 0 heterocycles. The molecule has 0 aliphatic carbocycles. The summed E-state index contributed by atoms with van der Waals surface area (Å²) in [5, 5.41) is 12.2. The molecular formula is C20H25NO2. The zero-order chi connectivity index (χ0) is 16.9. The van der Waals surface area contributed by atoms with Gasteiger partial charge in [0.2, 0.25) is 5.91 Å². The lowest BCUT2D eigenvalue weighted by Gasteiger charge is -2.19. The third-order valence-corrected chi connectivity index (χ3v) is 3.86. The van der Waals surface area contributed by atoms with E-state index in [1.165, 1.54) is 11.1 Å². The number of hydrogen-bond acceptors (Lipinski definition) is 2. The molecular weight excluding hydrogens is 286 g/mol. The minimum Gasteiger partial charge on any atom is -0.508 e. The van der Waals surface area contributed by atoms with E-state index in [1.54, 1.807) is 24.3 Å². The minimum atomic E-state index is 0.00185. The van der Waals surface area contributed by atoms with Crippen molar-refractivity contribution in [3.63, 3.8) is 0 Å². The van der Waals surface area contributed by atoms with E-state index in [-0.39, 0.29) is 17.1 Å². The Bertz CT molecular complexity index is 637. The molecule has 0 radical (unpaired) electrons. The average Bonchev–Trinajstić information content (AvgIpc) is 2.49. The molecule has 122 valence electrons. The van der Waals surface area contributed by atoms with Gasteiger partial charge in [-0.2, -0.15) is 0 Å². The molecule has 0 fully saturated rings. The number of phenolic OH excluding ortho intramolecular Hbond substituents is 1. The zero-order valence-electron chi connectivity index (χ0n) is 14.1. The van der Waals surface area contributed by atoms with Crippen molar-refractivity contribution < 1.29 is 9.90 Å². The van der Waals surface area contributed by atoms with Crippen LogP contribution in [0.4, 0.5) is 0 Å². The Morgan fingerprint density at radius 2 is 1.52 bits per heavy atom. The number of carbonyl (C=O) groups excluding carboxylic acids is 1. The van der Waals surface area contributed by atoms with E-state index in [0.717, 1.165) is 12.0 Å². The van der Waals surface area contributed by atoms with Crippen LogP contribution in [-0.2, 0) is 23.1 Å². The van der Waals surface area contributed by atoms with E-state index < -0.39 is 0 Å². The van der Waals surface area contributed by atoms with Crippen molar-refractivity contribution in [3.05, 3.63) is 65.2 Å². The highest BCUT2D eigenvalue weighted by atomic mass is 16.3. The van der Waals surface area contributed by atoms with Crippen molar-refractivity contribution in [2.75, 3.05) is 6.54 Å². The van der Waals surface area contributed by atoms with E-state index in [1.807, 2.05) is 0 Å². The van der Waals surface area contributed by atoms with Crippen LogP contribution in [0, 0.1) is 0 Å². The first-order valence-corrected chi connectivity index (χ1v) is 7.98. The van der Waals surface area contributed by atoms with Gasteiger partial charge in [-0.3, -0.25) is 4.79 Å². The zero-order valence-corrected chi connectivity index (χ0v) is 14.1. The van der Waals surface area contributed by atoms with E-state index >= 15 is 0 Å². The second-order valence-electron chi connectivity index (χ2n) is 6.89.